The molecule has 34 heavy (non-hydrogen) atoms. The molecule has 2 fully saturated rings. The summed E-state index contributed by atoms with van der Waals surface area (Å²) in [5.41, 5.74) is 1.88. The van der Waals surface area contributed by atoms with Gasteiger partial charge in [0.2, 0.25) is 5.91 Å². The van der Waals surface area contributed by atoms with Crippen LogP contribution in [0.1, 0.15) is 30.4 Å². The number of hydrogen-bond acceptors (Lipinski definition) is 8. The molecule has 0 unspecified atom stereocenters. The summed E-state index contributed by atoms with van der Waals surface area (Å²) in [5.74, 6) is 0.895. The maximum absolute atomic E-state index is 12.6. The first-order valence-electron chi connectivity index (χ1n) is 11.5. The van der Waals surface area contributed by atoms with Gasteiger partial charge in [-0.3, -0.25) is 9.59 Å². The summed E-state index contributed by atoms with van der Waals surface area (Å²) in [6.45, 7) is 5.85. The molecule has 2 aliphatic rings. The van der Waals surface area contributed by atoms with Gasteiger partial charge in [0.15, 0.2) is 0 Å². The van der Waals surface area contributed by atoms with E-state index in [-0.39, 0.29) is 17.5 Å². The number of anilines is 2. The standard InChI is InChI=1S/C24H29N7O3/c1-18-21(16-27-28-24(18)33)31-8-2-4-20(31)17-34-13-3-5-23(32)30-11-9-29(10-12-30)22-7-6-19(14-25)15-26-22/h3,6-7,13,15-16,20H,2,4-5,8-12,17H2,1H3,(H,28,33)/b13-3-/t20-/m0/s1. The summed E-state index contributed by atoms with van der Waals surface area (Å²) >= 11 is 0. The highest BCUT2D eigenvalue weighted by atomic mass is 16.5. The first-order chi connectivity index (χ1) is 16.6. The van der Waals surface area contributed by atoms with Crippen molar-refractivity contribution in [3.8, 4) is 6.07 Å². The molecular formula is C24H29N7O3. The van der Waals surface area contributed by atoms with Gasteiger partial charge in [-0.15, -0.1) is 0 Å². The maximum Gasteiger partial charge on any atom is 0.269 e. The topological polar surface area (TPSA) is 118 Å². The maximum atomic E-state index is 12.6. The second-order valence-corrected chi connectivity index (χ2v) is 8.49. The second kappa shape index (κ2) is 10.8. The van der Waals surface area contributed by atoms with Gasteiger partial charge in [-0.25, -0.2) is 10.1 Å². The highest BCUT2D eigenvalue weighted by Crippen LogP contribution is 2.26. The van der Waals surface area contributed by atoms with Gasteiger partial charge in [0.05, 0.1) is 29.8 Å². The number of ether oxygens (including phenoxy) is 1. The van der Waals surface area contributed by atoms with Crippen molar-refractivity contribution in [1.82, 2.24) is 20.1 Å². The quantitative estimate of drug-likeness (QED) is 0.615. The summed E-state index contributed by atoms with van der Waals surface area (Å²) in [5, 5.41) is 15.3. The molecule has 10 nitrogen and oxygen atoms in total. The number of pyridine rings is 1. The van der Waals surface area contributed by atoms with E-state index in [0.29, 0.717) is 50.3 Å². The van der Waals surface area contributed by atoms with Crippen LogP contribution in [0.2, 0.25) is 0 Å². The van der Waals surface area contributed by atoms with Gasteiger partial charge in [-0.2, -0.15) is 10.4 Å². The first-order valence-corrected chi connectivity index (χ1v) is 11.5. The number of carbonyl (C=O) groups excluding carboxylic acids is 1. The monoisotopic (exact) mass is 463 g/mol. The fourth-order valence-corrected chi connectivity index (χ4v) is 4.40. The zero-order valence-electron chi connectivity index (χ0n) is 19.3. The predicted octanol–water partition coefficient (Wildman–Crippen LogP) is 1.58. The predicted molar refractivity (Wildman–Crippen MR) is 127 cm³/mol. The summed E-state index contributed by atoms with van der Waals surface area (Å²) < 4.78 is 5.73. The second-order valence-electron chi connectivity index (χ2n) is 8.49. The summed E-state index contributed by atoms with van der Waals surface area (Å²) in [6, 6.07) is 5.84. The van der Waals surface area contributed by atoms with E-state index in [0.717, 1.165) is 30.9 Å². The van der Waals surface area contributed by atoms with E-state index in [9.17, 15) is 9.59 Å². The Morgan fingerprint density at radius 3 is 2.82 bits per heavy atom. The number of nitriles is 1. The zero-order valence-corrected chi connectivity index (χ0v) is 19.3. The van der Waals surface area contributed by atoms with Gasteiger partial charge in [-0.1, -0.05) is 0 Å². The Labute approximate surface area is 198 Å². The Morgan fingerprint density at radius 1 is 1.26 bits per heavy atom. The van der Waals surface area contributed by atoms with E-state index in [1.165, 1.54) is 0 Å². The van der Waals surface area contributed by atoms with Crippen molar-refractivity contribution >= 4 is 17.4 Å². The third-order valence-electron chi connectivity index (χ3n) is 6.37. The van der Waals surface area contributed by atoms with Crippen molar-refractivity contribution in [2.24, 2.45) is 0 Å². The molecule has 1 atom stereocenters. The van der Waals surface area contributed by atoms with Gasteiger partial charge in [0.1, 0.15) is 18.5 Å². The summed E-state index contributed by atoms with van der Waals surface area (Å²) in [4.78, 5) is 34.9. The molecule has 4 heterocycles. The number of aromatic nitrogens is 3. The van der Waals surface area contributed by atoms with Crippen LogP contribution in [0.3, 0.4) is 0 Å². The Kier molecular flexibility index (Phi) is 7.42. The van der Waals surface area contributed by atoms with Crippen molar-refractivity contribution < 1.29 is 9.53 Å². The average Bonchev–Trinajstić information content (AvgIpc) is 3.34. The molecule has 0 radical (unpaired) electrons. The molecule has 4 rings (SSSR count). The van der Waals surface area contributed by atoms with Crippen LogP contribution in [-0.4, -0.2) is 71.4 Å². The number of amides is 1. The van der Waals surface area contributed by atoms with E-state index < -0.39 is 0 Å². The van der Waals surface area contributed by atoms with Gasteiger partial charge in [-0.05, 0) is 38.0 Å². The molecule has 2 aromatic heterocycles. The Morgan fingerprint density at radius 2 is 2.09 bits per heavy atom. The van der Waals surface area contributed by atoms with Crippen molar-refractivity contribution in [3.05, 3.63) is 58.3 Å². The van der Waals surface area contributed by atoms with Crippen LogP contribution in [-0.2, 0) is 9.53 Å². The summed E-state index contributed by atoms with van der Waals surface area (Å²) in [7, 11) is 0. The molecule has 10 heteroatoms. The minimum atomic E-state index is -0.170. The molecule has 2 saturated heterocycles. The van der Waals surface area contributed by atoms with Crippen LogP contribution in [0.5, 0.6) is 0 Å². The Balaban J connectivity index is 1.20. The number of rotatable bonds is 7. The number of hydrogen-bond donors (Lipinski definition) is 1. The molecule has 2 aliphatic heterocycles. The van der Waals surface area contributed by atoms with E-state index in [1.807, 2.05) is 11.0 Å². The molecule has 0 aliphatic carbocycles. The lowest BCUT2D eigenvalue weighted by molar-refractivity contribution is -0.130. The lowest BCUT2D eigenvalue weighted by Crippen LogP contribution is -2.48. The Bertz CT molecular complexity index is 1110. The lowest BCUT2D eigenvalue weighted by Gasteiger charge is -2.35. The fourth-order valence-electron chi connectivity index (χ4n) is 4.40. The van der Waals surface area contributed by atoms with Crippen LogP contribution in [0.15, 0.2) is 41.7 Å². The first kappa shape index (κ1) is 23.3. The minimum Gasteiger partial charge on any atom is -0.499 e. The molecule has 1 amide bonds. The van der Waals surface area contributed by atoms with E-state index >= 15 is 0 Å². The molecule has 0 spiro atoms. The van der Waals surface area contributed by atoms with Crippen molar-refractivity contribution in [2.75, 3.05) is 49.1 Å². The zero-order chi connectivity index (χ0) is 23.9. The molecule has 178 valence electrons. The fraction of sp³-hybridized carbons (Fsp3) is 0.458. The number of aromatic amines is 1. The van der Waals surface area contributed by atoms with Crippen LogP contribution < -0.4 is 15.4 Å². The number of piperazine rings is 1. The molecule has 1 N–H and O–H groups in total. The Hall–Kier alpha value is -3.87. The van der Waals surface area contributed by atoms with Gasteiger partial charge in [0.25, 0.3) is 5.56 Å². The largest absolute Gasteiger partial charge is 0.499 e. The number of H-pyrrole nitrogens is 1. The van der Waals surface area contributed by atoms with Crippen LogP contribution in [0.25, 0.3) is 0 Å². The van der Waals surface area contributed by atoms with Crippen molar-refractivity contribution in [2.45, 2.75) is 32.2 Å². The highest BCUT2D eigenvalue weighted by molar-refractivity contribution is 5.78. The number of nitrogens with zero attached hydrogens (tertiary/aromatic N) is 6. The van der Waals surface area contributed by atoms with Gasteiger partial charge >= 0.3 is 0 Å². The van der Waals surface area contributed by atoms with E-state index in [2.05, 4.69) is 31.1 Å². The van der Waals surface area contributed by atoms with E-state index in [1.54, 1.807) is 37.7 Å². The van der Waals surface area contributed by atoms with Crippen LogP contribution in [0, 0.1) is 18.3 Å². The molecule has 0 aromatic carbocycles. The third kappa shape index (κ3) is 5.36. The SMILES string of the molecule is Cc1c(N2CCC[C@H]2CO/C=C\CC(=O)N2CCN(c3ccc(C#N)cn3)CC2)cn[nH]c1=O. The molecular weight excluding hydrogens is 434 g/mol. The molecule has 0 saturated carbocycles. The van der Waals surface area contributed by atoms with Gasteiger partial charge < -0.3 is 19.4 Å². The normalized spacial score (nSPS) is 18.4. The smallest absolute Gasteiger partial charge is 0.269 e. The summed E-state index contributed by atoms with van der Waals surface area (Å²) in [6.07, 6.45) is 8.94. The third-order valence-corrected chi connectivity index (χ3v) is 6.37. The number of carbonyl (C=O) groups is 1. The van der Waals surface area contributed by atoms with Crippen molar-refractivity contribution in [1.29, 1.82) is 5.26 Å². The minimum absolute atomic E-state index is 0.0694. The average molecular weight is 464 g/mol. The van der Waals surface area contributed by atoms with Crippen LogP contribution in [0.4, 0.5) is 11.5 Å². The highest BCUT2D eigenvalue weighted by Gasteiger charge is 2.27. The van der Waals surface area contributed by atoms with E-state index in [4.69, 9.17) is 10.00 Å². The van der Waals surface area contributed by atoms with Crippen molar-refractivity contribution in [3.63, 3.8) is 0 Å². The van der Waals surface area contributed by atoms with Gasteiger partial charge in [0, 0.05) is 50.9 Å². The lowest BCUT2D eigenvalue weighted by atomic mass is 10.2. The van der Waals surface area contributed by atoms with Crippen LogP contribution >= 0.6 is 0 Å². The molecule has 2 aromatic rings. The molecule has 0 bridgehead atoms. The number of nitrogens with one attached hydrogen (secondary N) is 1.